The van der Waals surface area contributed by atoms with E-state index < -0.39 is 5.97 Å². The monoisotopic (exact) mass is 269 g/mol. The minimum Gasteiger partial charge on any atom is -0.478 e. The summed E-state index contributed by atoms with van der Waals surface area (Å²) in [7, 11) is 0. The SMILES string of the molecule is CSC(=Nc1cc(Cl)ccc1C(=O)O)NC#N. The van der Waals surface area contributed by atoms with Crippen molar-refractivity contribution in [3.05, 3.63) is 28.8 Å². The zero-order valence-electron chi connectivity index (χ0n) is 8.77. The van der Waals surface area contributed by atoms with E-state index in [1.807, 2.05) is 0 Å². The minimum atomic E-state index is -1.10. The van der Waals surface area contributed by atoms with Gasteiger partial charge in [-0.2, -0.15) is 5.26 Å². The maximum absolute atomic E-state index is 11.0. The van der Waals surface area contributed by atoms with Crippen LogP contribution in [0, 0.1) is 11.5 Å². The summed E-state index contributed by atoms with van der Waals surface area (Å²) in [4.78, 5) is 15.0. The Morgan fingerprint density at radius 2 is 2.35 bits per heavy atom. The molecule has 2 N–H and O–H groups in total. The number of rotatable bonds is 2. The van der Waals surface area contributed by atoms with Crippen LogP contribution < -0.4 is 5.32 Å². The Morgan fingerprint density at radius 1 is 1.65 bits per heavy atom. The molecule has 0 aromatic heterocycles. The van der Waals surface area contributed by atoms with Crippen LogP contribution in [0.2, 0.25) is 5.02 Å². The normalized spacial score (nSPS) is 10.8. The molecule has 0 bridgehead atoms. The molecule has 88 valence electrons. The highest BCUT2D eigenvalue weighted by Gasteiger charge is 2.10. The summed E-state index contributed by atoms with van der Waals surface area (Å²) in [5, 5.41) is 20.5. The number of nitrogens with zero attached hydrogens (tertiary/aromatic N) is 2. The topological polar surface area (TPSA) is 85.5 Å². The number of aliphatic imine (C=N–C) groups is 1. The van der Waals surface area contributed by atoms with Gasteiger partial charge in [-0.15, -0.1) is 0 Å². The zero-order chi connectivity index (χ0) is 12.8. The number of halogens is 1. The summed E-state index contributed by atoms with van der Waals surface area (Å²) >= 11 is 6.97. The third-order valence-corrected chi connectivity index (χ3v) is 2.58. The summed E-state index contributed by atoms with van der Waals surface area (Å²) in [6.45, 7) is 0. The molecule has 1 rings (SSSR count). The molecule has 7 heteroatoms. The van der Waals surface area contributed by atoms with Crippen molar-refractivity contribution in [3.8, 4) is 6.19 Å². The maximum Gasteiger partial charge on any atom is 0.337 e. The van der Waals surface area contributed by atoms with Gasteiger partial charge in [-0.25, -0.2) is 9.79 Å². The minimum absolute atomic E-state index is 0.0284. The predicted molar refractivity (Wildman–Crippen MR) is 67.8 cm³/mol. The van der Waals surface area contributed by atoms with Gasteiger partial charge in [0.1, 0.15) is 0 Å². The van der Waals surface area contributed by atoms with E-state index in [-0.39, 0.29) is 11.3 Å². The lowest BCUT2D eigenvalue weighted by molar-refractivity contribution is 0.0698. The number of benzene rings is 1. The van der Waals surface area contributed by atoms with E-state index in [2.05, 4.69) is 10.3 Å². The average molecular weight is 270 g/mol. The number of amidine groups is 1. The second-order valence-electron chi connectivity index (χ2n) is 2.82. The van der Waals surface area contributed by atoms with E-state index in [0.29, 0.717) is 10.2 Å². The van der Waals surface area contributed by atoms with Gasteiger partial charge in [0.25, 0.3) is 0 Å². The van der Waals surface area contributed by atoms with Crippen LogP contribution in [0.25, 0.3) is 0 Å². The van der Waals surface area contributed by atoms with Crippen molar-refractivity contribution in [2.75, 3.05) is 6.26 Å². The summed E-state index contributed by atoms with van der Waals surface area (Å²) in [5.74, 6) is -1.10. The molecule has 0 radical (unpaired) electrons. The van der Waals surface area contributed by atoms with E-state index >= 15 is 0 Å². The number of carboxylic acid groups (broad SMARTS) is 1. The summed E-state index contributed by atoms with van der Waals surface area (Å²) in [5.41, 5.74) is 0.234. The molecule has 0 aliphatic heterocycles. The molecule has 0 fully saturated rings. The van der Waals surface area contributed by atoms with Gasteiger partial charge in [0.05, 0.1) is 11.3 Å². The lowest BCUT2D eigenvalue weighted by Crippen LogP contribution is -2.12. The first-order valence-corrected chi connectivity index (χ1v) is 5.99. The van der Waals surface area contributed by atoms with Crippen LogP contribution in [0.15, 0.2) is 23.2 Å². The largest absolute Gasteiger partial charge is 0.478 e. The van der Waals surface area contributed by atoms with Gasteiger partial charge in [0.2, 0.25) is 0 Å². The summed E-state index contributed by atoms with van der Waals surface area (Å²) in [6, 6.07) is 4.27. The number of hydrogen-bond donors (Lipinski definition) is 2. The molecule has 0 atom stereocenters. The fourth-order valence-electron chi connectivity index (χ4n) is 1.06. The number of hydrogen-bond acceptors (Lipinski definition) is 4. The van der Waals surface area contributed by atoms with Gasteiger partial charge in [-0.05, 0) is 24.5 Å². The molecule has 0 spiro atoms. The Morgan fingerprint density at radius 3 is 2.88 bits per heavy atom. The number of nitriles is 1. The molecule has 0 saturated heterocycles. The van der Waals surface area contributed by atoms with Crippen molar-refractivity contribution in [3.63, 3.8) is 0 Å². The predicted octanol–water partition coefficient (Wildman–Crippen LogP) is 2.46. The fourth-order valence-corrected chi connectivity index (χ4v) is 1.56. The van der Waals surface area contributed by atoms with Crippen LogP contribution in [-0.4, -0.2) is 22.5 Å². The first-order chi connectivity index (χ1) is 8.08. The lowest BCUT2D eigenvalue weighted by Gasteiger charge is -2.04. The Hall–Kier alpha value is -1.71. The van der Waals surface area contributed by atoms with Crippen LogP contribution in [0.1, 0.15) is 10.4 Å². The average Bonchev–Trinajstić information content (AvgIpc) is 2.28. The molecule has 0 unspecified atom stereocenters. The van der Waals surface area contributed by atoms with Gasteiger partial charge in [0, 0.05) is 5.02 Å². The maximum atomic E-state index is 11.0. The Kier molecular flexibility index (Phi) is 4.82. The molecule has 5 nitrogen and oxygen atoms in total. The van der Waals surface area contributed by atoms with Crippen molar-refractivity contribution < 1.29 is 9.90 Å². The molecule has 0 heterocycles. The van der Waals surface area contributed by atoms with Crippen LogP contribution in [-0.2, 0) is 0 Å². The van der Waals surface area contributed by atoms with Gasteiger partial charge >= 0.3 is 5.97 Å². The van der Waals surface area contributed by atoms with E-state index in [0.717, 1.165) is 0 Å². The van der Waals surface area contributed by atoms with E-state index in [1.54, 1.807) is 12.4 Å². The Balaban J connectivity index is 3.24. The van der Waals surface area contributed by atoms with Gasteiger partial charge < -0.3 is 5.11 Å². The summed E-state index contributed by atoms with van der Waals surface area (Å²) < 4.78 is 0. The van der Waals surface area contributed by atoms with Crippen LogP contribution in [0.5, 0.6) is 0 Å². The number of nitrogens with one attached hydrogen (secondary N) is 1. The van der Waals surface area contributed by atoms with Crippen LogP contribution in [0.4, 0.5) is 5.69 Å². The summed E-state index contributed by atoms with van der Waals surface area (Å²) in [6.07, 6.45) is 3.44. The molecule has 1 aromatic rings. The van der Waals surface area contributed by atoms with Gasteiger partial charge in [-0.3, -0.25) is 5.32 Å². The highest BCUT2D eigenvalue weighted by atomic mass is 35.5. The van der Waals surface area contributed by atoms with Crippen molar-refractivity contribution in [2.45, 2.75) is 0 Å². The zero-order valence-corrected chi connectivity index (χ0v) is 10.3. The highest BCUT2D eigenvalue weighted by Crippen LogP contribution is 2.24. The second-order valence-corrected chi connectivity index (χ2v) is 4.06. The number of aromatic carboxylic acids is 1. The molecule has 0 aliphatic rings. The van der Waals surface area contributed by atoms with Crippen molar-refractivity contribution in [2.24, 2.45) is 4.99 Å². The molecule has 0 aliphatic carbocycles. The number of thioether (sulfide) groups is 1. The van der Waals surface area contributed by atoms with Crippen LogP contribution >= 0.6 is 23.4 Å². The van der Waals surface area contributed by atoms with E-state index in [1.165, 1.54) is 30.0 Å². The van der Waals surface area contributed by atoms with Crippen molar-refractivity contribution in [1.29, 1.82) is 5.26 Å². The quantitative estimate of drug-likeness (QED) is 0.373. The fraction of sp³-hybridized carbons (Fsp3) is 0.100. The molecular weight excluding hydrogens is 262 g/mol. The van der Waals surface area contributed by atoms with Crippen LogP contribution in [0.3, 0.4) is 0 Å². The molecular formula is C10H8ClN3O2S. The molecule has 17 heavy (non-hydrogen) atoms. The first-order valence-electron chi connectivity index (χ1n) is 4.39. The third kappa shape index (κ3) is 3.66. The van der Waals surface area contributed by atoms with Gasteiger partial charge in [-0.1, -0.05) is 23.4 Å². The number of carbonyl (C=O) groups is 1. The first kappa shape index (κ1) is 13.4. The molecule has 1 aromatic carbocycles. The second kappa shape index (κ2) is 6.13. The standard InChI is InChI=1S/C10H8ClN3O2S/c1-17-10(13-5-12)14-8-4-6(11)2-3-7(8)9(15)16/h2-4H,1H3,(H,13,14)(H,15,16). The third-order valence-electron chi connectivity index (χ3n) is 1.77. The van der Waals surface area contributed by atoms with Crippen molar-refractivity contribution >= 4 is 40.2 Å². The molecule has 0 amide bonds. The van der Waals surface area contributed by atoms with E-state index in [9.17, 15) is 4.79 Å². The molecule has 0 saturated carbocycles. The highest BCUT2D eigenvalue weighted by molar-refractivity contribution is 8.13. The van der Waals surface area contributed by atoms with Gasteiger partial charge in [0.15, 0.2) is 11.4 Å². The number of carboxylic acids is 1. The Bertz CT molecular complexity index is 511. The van der Waals surface area contributed by atoms with E-state index in [4.69, 9.17) is 22.0 Å². The Labute approximate surface area is 107 Å². The lowest BCUT2D eigenvalue weighted by atomic mass is 10.2. The van der Waals surface area contributed by atoms with Crippen molar-refractivity contribution in [1.82, 2.24) is 5.32 Å². The smallest absolute Gasteiger partial charge is 0.337 e.